The van der Waals surface area contributed by atoms with E-state index in [1.54, 1.807) is 0 Å². The van der Waals surface area contributed by atoms with Crippen LogP contribution in [0.15, 0.2) is 0 Å². The van der Waals surface area contributed by atoms with E-state index >= 15 is 0 Å². The molecule has 0 saturated heterocycles. The second-order valence-electron chi connectivity index (χ2n) is 1.60. The zero-order valence-corrected chi connectivity index (χ0v) is 6.60. The number of rotatable bonds is 4. The predicted octanol–water partition coefficient (Wildman–Crippen LogP) is -0.523. The van der Waals surface area contributed by atoms with Gasteiger partial charge in [0.2, 0.25) is 5.24 Å². The summed E-state index contributed by atoms with van der Waals surface area (Å²) in [4.78, 5) is 26.4. The Morgan fingerprint density at radius 1 is 1.60 bits per heavy atom. The van der Waals surface area contributed by atoms with Crippen molar-refractivity contribution in [3.05, 3.63) is 0 Å². The molecule has 0 spiro atoms. The van der Waals surface area contributed by atoms with Gasteiger partial charge < -0.3 is 9.79 Å². The van der Waals surface area contributed by atoms with Crippen molar-refractivity contribution in [2.75, 3.05) is 12.8 Å². The lowest BCUT2D eigenvalue weighted by atomic mass is 10.7. The minimum Gasteiger partial charge on any atom is -0.324 e. The first kappa shape index (κ1) is 10.1. The SMILES string of the molecule is O=C(Cl)CNCP(=O)(O)O. The van der Waals surface area contributed by atoms with Crippen molar-refractivity contribution in [1.82, 2.24) is 5.32 Å². The average molecular weight is 188 g/mol. The van der Waals surface area contributed by atoms with Crippen molar-refractivity contribution in [2.24, 2.45) is 0 Å². The first-order chi connectivity index (χ1) is 4.42. The van der Waals surface area contributed by atoms with Gasteiger partial charge in [-0.2, -0.15) is 0 Å². The van der Waals surface area contributed by atoms with Gasteiger partial charge in [0.05, 0.1) is 12.8 Å². The van der Waals surface area contributed by atoms with E-state index in [0.29, 0.717) is 0 Å². The number of hydrogen-bond donors (Lipinski definition) is 3. The molecule has 0 aromatic rings. The molecule has 5 nitrogen and oxygen atoms in total. The molecular weight excluding hydrogens is 180 g/mol. The van der Waals surface area contributed by atoms with Gasteiger partial charge in [0.25, 0.3) is 0 Å². The second kappa shape index (κ2) is 4.05. The quantitative estimate of drug-likeness (QED) is 0.407. The van der Waals surface area contributed by atoms with Crippen LogP contribution in [0.5, 0.6) is 0 Å². The van der Waals surface area contributed by atoms with Crippen LogP contribution in [-0.2, 0) is 9.36 Å². The molecule has 0 fully saturated rings. The van der Waals surface area contributed by atoms with Gasteiger partial charge in [0.1, 0.15) is 0 Å². The molecule has 0 rings (SSSR count). The number of halogens is 1. The Bertz CT molecular complexity index is 166. The monoisotopic (exact) mass is 187 g/mol. The van der Waals surface area contributed by atoms with Crippen LogP contribution in [-0.4, -0.2) is 27.9 Å². The first-order valence-electron chi connectivity index (χ1n) is 2.35. The Balaban J connectivity index is 3.39. The summed E-state index contributed by atoms with van der Waals surface area (Å²) in [6.45, 7) is -0.229. The molecule has 0 aliphatic carbocycles. The van der Waals surface area contributed by atoms with Crippen molar-refractivity contribution in [3.63, 3.8) is 0 Å². The molecular formula is C3H7ClNO4P. The lowest BCUT2D eigenvalue weighted by Gasteiger charge is -2.02. The average Bonchev–Trinajstić information content (AvgIpc) is 1.59. The molecule has 0 atom stereocenters. The zero-order valence-electron chi connectivity index (χ0n) is 4.95. The molecule has 0 saturated carbocycles. The standard InChI is InChI=1S/C3H7ClNO4P/c4-3(6)1-5-2-10(7,8)9/h5H,1-2H2,(H2,7,8,9). The number of carbonyl (C=O) groups excluding carboxylic acids is 1. The van der Waals surface area contributed by atoms with Gasteiger partial charge in [-0.15, -0.1) is 0 Å². The molecule has 0 bridgehead atoms. The molecule has 7 heteroatoms. The molecule has 60 valence electrons. The van der Waals surface area contributed by atoms with Crippen LogP contribution in [0, 0.1) is 0 Å². The molecule has 0 aromatic carbocycles. The maximum Gasteiger partial charge on any atom is 0.339 e. The number of nitrogens with one attached hydrogen (secondary N) is 1. The summed E-state index contributed by atoms with van der Waals surface area (Å²) in [6.07, 6.45) is -0.522. The minimum absolute atomic E-state index is 0.229. The highest BCUT2D eigenvalue weighted by Gasteiger charge is 2.11. The normalized spacial score (nSPS) is 11.5. The van der Waals surface area contributed by atoms with Crippen molar-refractivity contribution < 1.29 is 19.1 Å². The summed E-state index contributed by atoms with van der Waals surface area (Å²) < 4.78 is 10.1. The van der Waals surface area contributed by atoms with E-state index < -0.39 is 19.1 Å². The third-order valence-electron chi connectivity index (χ3n) is 0.582. The molecule has 0 amide bonds. The smallest absolute Gasteiger partial charge is 0.324 e. The maximum atomic E-state index is 10.1. The van der Waals surface area contributed by atoms with Crippen LogP contribution in [0.25, 0.3) is 0 Å². The summed E-state index contributed by atoms with van der Waals surface area (Å²) >= 11 is 4.85. The Morgan fingerprint density at radius 3 is 2.40 bits per heavy atom. The highest BCUT2D eigenvalue weighted by Crippen LogP contribution is 2.31. The Labute approximate surface area is 62.5 Å². The Morgan fingerprint density at radius 2 is 2.10 bits per heavy atom. The molecule has 0 aliphatic heterocycles. The third-order valence-corrected chi connectivity index (χ3v) is 1.35. The number of carbonyl (C=O) groups is 1. The third kappa shape index (κ3) is 8.07. The van der Waals surface area contributed by atoms with Crippen molar-refractivity contribution in [1.29, 1.82) is 0 Å². The maximum absolute atomic E-state index is 10.1. The van der Waals surface area contributed by atoms with Gasteiger partial charge in [-0.25, -0.2) is 0 Å². The fourth-order valence-electron chi connectivity index (χ4n) is 0.300. The zero-order chi connectivity index (χ0) is 8.20. The Hall–Kier alpha value is 0.0700. The topological polar surface area (TPSA) is 86.6 Å². The lowest BCUT2D eigenvalue weighted by Crippen LogP contribution is -2.20. The van der Waals surface area contributed by atoms with E-state index in [0.717, 1.165) is 0 Å². The van der Waals surface area contributed by atoms with Gasteiger partial charge in [-0.05, 0) is 11.6 Å². The summed E-state index contributed by atoms with van der Waals surface area (Å²) in [6, 6.07) is 0. The van der Waals surface area contributed by atoms with Crippen molar-refractivity contribution >= 4 is 24.4 Å². The van der Waals surface area contributed by atoms with E-state index in [9.17, 15) is 9.36 Å². The van der Waals surface area contributed by atoms with Gasteiger partial charge in [-0.3, -0.25) is 14.7 Å². The fraction of sp³-hybridized carbons (Fsp3) is 0.667. The first-order valence-corrected chi connectivity index (χ1v) is 4.53. The second-order valence-corrected chi connectivity index (χ2v) is 3.67. The number of hydrogen-bond acceptors (Lipinski definition) is 3. The molecule has 0 radical (unpaired) electrons. The highest BCUT2D eigenvalue weighted by molar-refractivity contribution is 7.51. The molecule has 0 unspecified atom stereocenters. The largest absolute Gasteiger partial charge is 0.339 e. The van der Waals surface area contributed by atoms with Gasteiger partial charge in [-0.1, -0.05) is 0 Å². The van der Waals surface area contributed by atoms with Crippen LogP contribution in [0.3, 0.4) is 0 Å². The molecule has 10 heavy (non-hydrogen) atoms. The van der Waals surface area contributed by atoms with Crippen LogP contribution >= 0.6 is 19.2 Å². The van der Waals surface area contributed by atoms with Crippen LogP contribution in [0.1, 0.15) is 0 Å². The Kier molecular flexibility index (Phi) is 4.08. The molecule has 0 heterocycles. The predicted molar refractivity (Wildman–Crippen MR) is 35.8 cm³/mol. The van der Waals surface area contributed by atoms with E-state index in [2.05, 4.69) is 5.32 Å². The van der Waals surface area contributed by atoms with E-state index in [1.165, 1.54) is 0 Å². The molecule has 0 aliphatic rings. The van der Waals surface area contributed by atoms with Crippen LogP contribution < -0.4 is 5.32 Å². The van der Waals surface area contributed by atoms with Crippen LogP contribution in [0.2, 0.25) is 0 Å². The van der Waals surface area contributed by atoms with E-state index in [4.69, 9.17) is 21.4 Å². The fourth-order valence-corrected chi connectivity index (χ4v) is 0.797. The summed E-state index contributed by atoms with van der Waals surface area (Å²) in [5, 5.41) is 1.51. The van der Waals surface area contributed by atoms with Crippen molar-refractivity contribution in [2.45, 2.75) is 0 Å². The van der Waals surface area contributed by atoms with Crippen molar-refractivity contribution in [3.8, 4) is 0 Å². The molecule has 3 N–H and O–H groups in total. The van der Waals surface area contributed by atoms with Gasteiger partial charge >= 0.3 is 7.60 Å². The summed E-state index contributed by atoms with van der Waals surface area (Å²) in [5.41, 5.74) is 0. The van der Waals surface area contributed by atoms with Gasteiger partial charge in [0.15, 0.2) is 0 Å². The highest BCUT2D eigenvalue weighted by atomic mass is 35.5. The summed E-state index contributed by atoms with van der Waals surface area (Å²) in [5.74, 6) is 0. The lowest BCUT2D eigenvalue weighted by molar-refractivity contribution is -0.110. The minimum atomic E-state index is -4.04. The van der Waals surface area contributed by atoms with Crippen LogP contribution in [0.4, 0.5) is 0 Å². The van der Waals surface area contributed by atoms with E-state index in [-0.39, 0.29) is 6.54 Å². The molecule has 0 aromatic heterocycles. The van der Waals surface area contributed by atoms with E-state index in [1.807, 2.05) is 0 Å². The summed E-state index contributed by atoms with van der Waals surface area (Å²) in [7, 11) is -4.04. The van der Waals surface area contributed by atoms with Gasteiger partial charge in [0, 0.05) is 0 Å².